The van der Waals surface area contributed by atoms with E-state index >= 15 is 0 Å². The minimum absolute atomic E-state index is 0.194. The molecule has 2 rings (SSSR count). The van der Waals surface area contributed by atoms with Crippen LogP contribution in [0.4, 0.5) is 5.69 Å². The SMILES string of the molecule is C[C@@H](OC(=O)CSCc1cccs1)C(=O)Nc1cccc(C#N)c1. The van der Waals surface area contributed by atoms with Crippen LogP contribution in [0, 0.1) is 11.3 Å². The summed E-state index contributed by atoms with van der Waals surface area (Å²) in [6.45, 7) is 1.52. The zero-order valence-electron chi connectivity index (χ0n) is 13.0. The Kier molecular flexibility index (Phi) is 6.85. The second-order valence-electron chi connectivity index (χ2n) is 4.89. The minimum Gasteiger partial charge on any atom is -0.452 e. The van der Waals surface area contributed by atoms with Gasteiger partial charge in [0.2, 0.25) is 0 Å². The summed E-state index contributed by atoms with van der Waals surface area (Å²) in [4.78, 5) is 25.0. The first-order valence-electron chi connectivity index (χ1n) is 7.19. The molecule has 5 nitrogen and oxygen atoms in total. The maximum Gasteiger partial charge on any atom is 0.316 e. The molecule has 0 spiro atoms. The molecular weight excluding hydrogens is 344 g/mol. The lowest BCUT2D eigenvalue weighted by atomic mass is 10.2. The summed E-state index contributed by atoms with van der Waals surface area (Å²) in [7, 11) is 0. The van der Waals surface area contributed by atoms with Gasteiger partial charge in [0.05, 0.1) is 17.4 Å². The van der Waals surface area contributed by atoms with Crippen molar-refractivity contribution in [1.29, 1.82) is 5.26 Å². The fourth-order valence-electron chi connectivity index (χ4n) is 1.82. The number of benzene rings is 1. The predicted octanol–water partition coefficient (Wildman–Crippen LogP) is 3.42. The lowest BCUT2D eigenvalue weighted by Gasteiger charge is -2.13. The molecule has 0 aliphatic carbocycles. The monoisotopic (exact) mass is 360 g/mol. The van der Waals surface area contributed by atoms with Gasteiger partial charge in [0.1, 0.15) is 0 Å². The van der Waals surface area contributed by atoms with Crippen LogP contribution in [-0.4, -0.2) is 23.7 Å². The number of nitrogens with one attached hydrogen (secondary N) is 1. The van der Waals surface area contributed by atoms with Crippen molar-refractivity contribution in [3.8, 4) is 6.07 Å². The highest BCUT2D eigenvalue weighted by molar-refractivity contribution is 7.99. The molecule has 2 aromatic rings. The summed E-state index contributed by atoms with van der Waals surface area (Å²) in [5.41, 5.74) is 0.941. The van der Waals surface area contributed by atoms with Crippen molar-refractivity contribution >= 4 is 40.7 Å². The van der Waals surface area contributed by atoms with Crippen LogP contribution < -0.4 is 5.32 Å². The number of anilines is 1. The predicted molar refractivity (Wildman–Crippen MR) is 95.8 cm³/mol. The molecule has 0 bridgehead atoms. The highest BCUT2D eigenvalue weighted by Crippen LogP contribution is 2.17. The number of esters is 1. The number of ether oxygens (including phenoxy) is 1. The van der Waals surface area contributed by atoms with Crippen molar-refractivity contribution in [2.45, 2.75) is 18.8 Å². The minimum atomic E-state index is -0.898. The molecule has 1 amide bonds. The fourth-order valence-corrected chi connectivity index (χ4v) is 3.47. The number of rotatable bonds is 7. The summed E-state index contributed by atoms with van der Waals surface area (Å²) in [6, 6.07) is 12.5. The number of nitrogens with zero attached hydrogens (tertiary/aromatic N) is 1. The van der Waals surface area contributed by atoms with Crippen LogP contribution in [0.25, 0.3) is 0 Å². The van der Waals surface area contributed by atoms with E-state index in [9.17, 15) is 9.59 Å². The maximum absolute atomic E-state index is 12.0. The van der Waals surface area contributed by atoms with Gasteiger partial charge in [-0.05, 0) is 36.6 Å². The zero-order chi connectivity index (χ0) is 17.4. The van der Waals surface area contributed by atoms with E-state index in [1.165, 1.54) is 23.6 Å². The number of carbonyl (C=O) groups excluding carboxylic acids is 2. The molecular formula is C17H16N2O3S2. The van der Waals surface area contributed by atoms with E-state index in [0.29, 0.717) is 11.3 Å². The Hall–Kier alpha value is -2.30. The molecule has 0 fully saturated rings. The number of thioether (sulfide) groups is 1. The van der Waals surface area contributed by atoms with Gasteiger partial charge in [0.25, 0.3) is 5.91 Å². The lowest BCUT2D eigenvalue weighted by Crippen LogP contribution is -2.30. The Morgan fingerprint density at radius 2 is 2.21 bits per heavy atom. The summed E-state index contributed by atoms with van der Waals surface area (Å²) >= 11 is 3.09. The first-order chi connectivity index (χ1) is 11.6. The molecule has 0 aliphatic heterocycles. The summed E-state index contributed by atoms with van der Waals surface area (Å²) in [6.07, 6.45) is -0.898. The lowest BCUT2D eigenvalue weighted by molar-refractivity contribution is -0.150. The fraction of sp³-hybridized carbons (Fsp3) is 0.235. The van der Waals surface area contributed by atoms with Gasteiger partial charge >= 0.3 is 5.97 Å². The Morgan fingerprint density at radius 3 is 2.92 bits per heavy atom. The van der Waals surface area contributed by atoms with Gasteiger partial charge in [-0.15, -0.1) is 23.1 Å². The maximum atomic E-state index is 12.0. The second kappa shape index (κ2) is 9.11. The van der Waals surface area contributed by atoms with Crippen LogP contribution in [0.3, 0.4) is 0 Å². The van der Waals surface area contributed by atoms with E-state index in [-0.39, 0.29) is 5.75 Å². The zero-order valence-corrected chi connectivity index (χ0v) is 14.7. The number of carbonyl (C=O) groups is 2. The number of nitriles is 1. The normalized spacial score (nSPS) is 11.3. The number of hydrogen-bond acceptors (Lipinski definition) is 6. The van der Waals surface area contributed by atoms with Gasteiger partial charge < -0.3 is 10.1 Å². The van der Waals surface area contributed by atoms with Crippen LogP contribution in [0.1, 0.15) is 17.4 Å². The number of amides is 1. The number of hydrogen-bond donors (Lipinski definition) is 1. The highest BCUT2D eigenvalue weighted by atomic mass is 32.2. The molecule has 1 atom stereocenters. The molecule has 0 saturated heterocycles. The second-order valence-corrected chi connectivity index (χ2v) is 6.90. The third-order valence-electron chi connectivity index (χ3n) is 2.98. The van der Waals surface area contributed by atoms with Gasteiger partial charge in [0, 0.05) is 16.3 Å². The van der Waals surface area contributed by atoms with Crippen LogP contribution >= 0.6 is 23.1 Å². The van der Waals surface area contributed by atoms with Gasteiger partial charge in [-0.25, -0.2) is 0 Å². The first kappa shape index (κ1) is 18.0. The highest BCUT2D eigenvalue weighted by Gasteiger charge is 2.18. The van der Waals surface area contributed by atoms with Crippen molar-refractivity contribution in [1.82, 2.24) is 0 Å². The van der Waals surface area contributed by atoms with E-state index in [0.717, 1.165) is 5.75 Å². The van der Waals surface area contributed by atoms with Gasteiger partial charge in [-0.3, -0.25) is 9.59 Å². The topological polar surface area (TPSA) is 79.2 Å². The average Bonchev–Trinajstić information content (AvgIpc) is 3.08. The first-order valence-corrected chi connectivity index (χ1v) is 9.22. The third-order valence-corrected chi connectivity index (χ3v) is 5.00. The van der Waals surface area contributed by atoms with Crippen LogP contribution in [0.15, 0.2) is 41.8 Å². The summed E-state index contributed by atoms with van der Waals surface area (Å²) < 4.78 is 5.13. The molecule has 1 aromatic heterocycles. The number of thiophene rings is 1. The molecule has 124 valence electrons. The van der Waals surface area contributed by atoms with Crippen molar-refractivity contribution < 1.29 is 14.3 Å². The Balaban J connectivity index is 1.76. The molecule has 0 unspecified atom stereocenters. The van der Waals surface area contributed by atoms with Gasteiger partial charge in [-0.1, -0.05) is 12.1 Å². The van der Waals surface area contributed by atoms with Crippen molar-refractivity contribution in [3.63, 3.8) is 0 Å². The molecule has 0 radical (unpaired) electrons. The van der Waals surface area contributed by atoms with Gasteiger partial charge in [-0.2, -0.15) is 5.26 Å². The molecule has 1 N–H and O–H groups in total. The Bertz CT molecular complexity index is 739. The van der Waals surface area contributed by atoms with Crippen LogP contribution in [0.5, 0.6) is 0 Å². The van der Waals surface area contributed by atoms with Crippen molar-refractivity contribution in [3.05, 3.63) is 52.2 Å². The largest absolute Gasteiger partial charge is 0.452 e. The van der Waals surface area contributed by atoms with Crippen molar-refractivity contribution in [2.75, 3.05) is 11.1 Å². The average molecular weight is 360 g/mol. The molecule has 0 aliphatic rings. The molecule has 0 saturated carbocycles. The van der Waals surface area contributed by atoms with Gasteiger partial charge in [0.15, 0.2) is 6.10 Å². The summed E-state index contributed by atoms with van der Waals surface area (Å²) in [5, 5.41) is 13.5. The Morgan fingerprint density at radius 1 is 1.38 bits per heavy atom. The molecule has 1 aromatic carbocycles. The molecule has 7 heteroatoms. The van der Waals surface area contributed by atoms with E-state index in [1.54, 1.807) is 35.6 Å². The third kappa shape index (κ3) is 5.72. The standard InChI is InChI=1S/C17H16N2O3S2/c1-12(17(21)19-14-5-2-4-13(8-14)9-18)22-16(20)11-23-10-15-6-3-7-24-15/h2-8,12H,10-11H2,1H3,(H,19,21)/t12-/m1/s1. The summed E-state index contributed by atoms with van der Waals surface area (Å²) in [5.74, 6) is 0.0833. The molecule has 1 heterocycles. The smallest absolute Gasteiger partial charge is 0.316 e. The Labute approximate surface area is 148 Å². The van der Waals surface area contributed by atoms with Crippen LogP contribution in [0.2, 0.25) is 0 Å². The van der Waals surface area contributed by atoms with E-state index in [4.69, 9.17) is 10.00 Å². The van der Waals surface area contributed by atoms with E-state index < -0.39 is 18.0 Å². The van der Waals surface area contributed by atoms with Crippen molar-refractivity contribution in [2.24, 2.45) is 0 Å². The van der Waals surface area contributed by atoms with E-state index in [2.05, 4.69) is 5.32 Å². The quantitative estimate of drug-likeness (QED) is 0.765. The van der Waals surface area contributed by atoms with Crippen LogP contribution in [-0.2, 0) is 20.1 Å². The molecule has 24 heavy (non-hydrogen) atoms. The van der Waals surface area contributed by atoms with E-state index in [1.807, 2.05) is 23.6 Å².